The Bertz CT molecular complexity index is 2130. The van der Waals surface area contributed by atoms with Crippen LogP contribution in [0.5, 0.6) is 0 Å². The van der Waals surface area contributed by atoms with E-state index in [1.165, 1.54) is 30.9 Å². The maximum atomic E-state index is 2.35. The minimum absolute atomic E-state index is 1.11. The largest absolute Gasteiger partial charge is 0.311 e. The lowest BCUT2D eigenvalue weighted by Crippen LogP contribution is -2.12. The van der Waals surface area contributed by atoms with Crippen molar-refractivity contribution in [1.29, 1.82) is 0 Å². The van der Waals surface area contributed by atoms with Gasteiger partial charge in [-0.25, -0.2) is 0 Å². The van der Waals surface area contributed by atoms with Crippen molar-refractivity contribution in [2.24, 2.45) is 0 Å². The van der Waals surface area contributed by atoms with Gasteiger partial charge in [0.15, 0.2) is 0 Å². The highest BCUT2D eigenvalue weighted by atomic mass is 32.1. The summed E-state index contributed by atoms with van der Waals surface area (Å²) < 4.78 is 2.66. The Labute approximate surface area is 255 Å². The lowest BCUT2D eigenvalue weighted by atomic mass is 10.1. The van der Waals surface area contributed by atoms with Crippen LogP contribution in [0.4, 0.5) is 34.1 Å². The number of nitrogens with zero attached hydrogens (tertiary/aromatic N) is 2. The molecule has 0 aliphatic heterocycles. The quantitative estimate of drug-likeness (QED) is 0.197. The number of thiophene rings is 1. The van der Waals surface area contributed by atoms with Crippen LogP contribution in [0.3, 0.4) is 0 Å². The molecule has 0 unspecified atom stereocenters. The van der Waals surface area contributed by atoms with Crippen molar-refractivity contribution < 1.29 is 0 Å². The van der Waals surface area contributed by atoms with Crippen LogP contribution >= 0.6 is 11.3 Å². The van der Waals surface area contributed by atoms with Crippen molar-refractivity contribution in [3.8, 4) is 0 Å². The highest BCUT2D eigenvalue weighted by Gasteiger charge is 2.17. The lowest BCUT2D eigenvalue weighted by molar-refractivity contribution is 1.26. The van der Waals surface area contributed by atoms with Crippen LogP contribution in [0.2, 0.25) is 0 Å². The maximum absolute atomic E-state index is 2.35. The lowest BCUT2D eigenvalue weighted by Gasteiger charge is -2.28. The van der Waals surface area contributed by atoms with Gasteiger partial charge in [0.1, 0.15) is 0 Å². The van der Waals surface area contributed by atoms with Crippen molar-refractivity contribution in [3.05, 3.63) is 170 Å². The van der Waals surface area contributed by atoms with E-state index in [1.54, 1.807) is 0 Å². The first kappa shape index (κ1) is 25.3. The SMILES string of the molecule is c1ccc(N(c2ccccc2)c2ccc(N(c3ccccc3)c3ccc4sc5c6ccccc6ccc5c4c3)cc2)cc1. The van der Waals surface area contributed by atoms with Gasteiger partial charge in [0.2, 0.25) is 0 Å². The zero-order valence-corrected chi connectivity index (χ0v) is 24.3. The predicted molar refractivity (Wildman–Crippen MR) is 186 cm³/mol. The summed E-state index contributed by atoms with van der Waals surface area (Å²) in [6.07, 6.45) is 0. The molecule has 0 aliphatic carbocycles. The normalized spacial score (nSPS) is 11.3. The van der Waals surface area contributed by atoms with Crippen LogP contribution < -0.4 is 9.80 Å². The number of anilines is 6. The molecule has 8 aromatic rings. The number of para-hydroxylation sites is 3. The first-order chi connectivity index (χ1) is 21.3. The topological polar surface area (TPSA) is 6.48 Å². The van der Waals surface area contributed by atoms with E-state index in [1.807, 2.05) is 11.3 Å². The molecule has 0 radical (unpaired) electrons. The van der Waals surface area contributed by atoms with Crippen molar-refractivity contribution in [2.45, 2.75) is 0 Å². The van der Waals surface area contributed by atoms with Gasteiger partial charge in [-0.1, -0.05) is 91.0 Å². The molecule has 0 bridgehead atoms. The third-order valence-corrected chi connectivity index (χ3v) is 9.23. The zero-order chi connectivity index (χ0) is 28.6. The molecule has 0 atom stereocenters. The molecule has 0 aliphatic rings. The summed E-state index contributed by atoms with van der Waals surface area (Å²) in [6.45, 7) is 0. The molecule has 2 nitrogen and oxygen atoms in total. The van der Waals surface area contributed by atoms with Gasteiger partial charge in [0.05, 0.1) is 0 Å². The Morgan fingerprint density at radius 3 is 1.37 bits per heavy atom. The molecule has 8 rings (SSSR count). The second-order valence-corrected chi connectivity index (χ2v) is 11.7. The Morgan fingerprint density at radius 1 is 0.326 bits per heavy atom. The van der Waals surface area contributed by atoms with Crippen LogP contribution in [-0.4, -0.2) is 0 Å². The van der Waals surface area contributed by atoms with Crippen LogP contribution in [0.1, 0.15) is 0 Å². The van der Waals surface area contributed by atoms with Gasteiger partial charge in [-0.2, -0.15) is 0 Å². The first-order valence-electron chi connectivity index (χ1n) is 14.5. The molecular formula is C40H28N2S. The fourth-order valence-electron chi connectivity index (χ4n) is 6.01. The highest BCUT2D eigenvalue weighted by molar-refractivity contribution is 7.26. The van der Waals surface area contributed by atoms with E-state index in [0.717, 1.165) is 34.1 Å². The summed E-state index contributed by atoms with van der Waals surface area (Å²) in [4.78, 5) is 4.65. The van der Waals surface area contributed by atoms with E-state index in [9.17, 15) is 0 Å². The van der Waals surface area contributed by atoms with Gasteiger partial charge in [-0.05, 0) is 89.6 Å². The second-order valence-electron chi connectivity index (χ2n) is 10.6. The van der Waals surface area contributed by atoms with Crippen LogP contribution in [-0.2, 0) is 0 Å². The van der Waals surface area contributed by atoms with Gasteiger partial charge in [-0.15, -0.1) is 11.3 Å². The molecule has 0 saturated heterocycles. The number of hydrogen-bond donors (Lipinski definition) is 0. The third-order valence-electron chi connectivity index (χ3n) is 8.01. The van der Waals surface area contributed by atoms with E-state index in [4.69, 9.17) is 0 Å². The Kier molecular flexibility index (Phi) is 6.36. The summed E-state index contributed by atoms with van der Waals surface area (Å²) in [5.41, 5.74) is 6.75. The summed E-state index contributed by atoms with van der Waals surface area (Å²) in [6, 6.07) is 60.7. The minimum atomic E-state index is 1.11. The molecule has 0 saturated carbocycles. The molecule has 7 aromatic carbocycles. The maximum Gasteiger partial charge on any atom is 0.0468 e. The zero-order valence-electron chi connectivity index (χ0n) is 23.5. The van der Waals surface area contributed by atoms with Crippen LogP contribution in [0, 0.1) is 0 Å². The van der Waals surface area contributed by atoms with Crippen molar-refractivity contribution >= 4 is 76.4 Å². The fourth-order valence-corrected chi connectivity index (χ4v) is 7.23. The van der Waals surface area contributed by atoms with Crippen molar-refractivity contribution in [2.75, 3.05) is 9.80 Å². The summed E-state index contributed by atoms with van der Waals surface area (Å²) in [5.74, 6) is 0. The molecule has 43 heavy (non-hydrogen) atoms. The summed E-state index contributed by atoms with van der Waals surface area (Å²) in [5, 5.41) is 5.21. The molecular weight excluding hydrogens is 541 g/mol. The molecule has 1 heterocycles. The fraction of sp³-hybridized carbons (Fsp3) is 0. The molecule has 204 valence electrons. The van der Waals surface area contributed by atoms with Crippen molar-refractivity contribution in [3.63, 3.8) is 0 Å². The van der Waals surface area contributed by atoms with Crippen LogP contribution in [0.25, 0.3) is 30.9 Å². The van der Waals surface area contributed by atoms with Crippen LogP contribution in [0.15, 0.2) is 170 Å². The molecule has 1 aromatic heterocycles. The summed E-state index contributed by atoms with van der Waals surface area (Å²) >= 11 is 1.88. The van der Waals surface area contributed by atoms with Crippen molar-refractivity contribution in [1.82, 2.24) is 0 Å². The Balaban J connectivity index is 1.25. The second kappa shape index (κ2) is 10.8. The summed E-state index contributed by atoms with van der Waals surface area (Å²) in [7, 11) is 0. The van der Waals surface area contributed by atoms with Gasteiger partial charge in [0.25, 0.3) is 0 Å². The first-order valence-corrected chi connectivity index (χ1v) is 15.3. The van der Waals surface area contributed by atoms with Gasteiger partial charge in [0, 0.05) is 54.3 Å². The van der Waals surface area contributed by atoms with Gasteiger partial charge < -0.3 is 9.80 Å². The average Bonchev–Trinajstić information content (AvgIpc) is 3.46. The van der Waals surface area contributed by atoms with Gasteiger partial charge >= 0.3 is 0 Å². The molecule has 0 N–H and O–H groups in total. The number of hydrogen-bond acceptors (Lipinski definition) is 3. The number of rotatable bonds is 6. The number of fused-ring (bicyclic) bond motifs is 5. The van der Waals surface area contributed by atoms with E-state index in [-0.39, 0.29) is 0 Å². The Morgan fingerprint density at radius 2 is 0.791 bits per heavy atom. The van der Waals surface area contributed by atoms with E-state index >= 15 is 0 Å². The smallest absolute Gasteiger partial charge is 0.0468 e. The third kappa shape index (κ3) is 4.61. The van der Waals surface area contributed by atoms with E-state index < -0.39 is 0 Å². The molecule has 3 heteroatoms. The number of benzene rings is 7. The minimum Gasteiger partial charge on any atom is -0.311 e. The molecule has 0 fully saturated rings. The average molecular weight is 569 g/mol. The van der Waals surface area contributed by atoms with E-state index in [0.29, 0.717) is 0 Å². The van der Waals surface area contributed by atoms with Gasteiger partial charge in [-0.3, -0.25) is 0 Å². The highest BCUT2D eigenvalue weighted by Crippen LogP contribution is 2.43. The molecule has 0 amide bonds. The predicted octanol–water partition coefficient (Wildman–Crippen LogP) is 12.1. The standard InChI is InChI=1S/C40H28N2S/c1-4-13-30(14-5-1)41(31-15-6-2-7-16-31)33-21-23-34(24-22-33)42(32-17-8-3-9-18-32)35-25-27-39-38(28-35)37-26-20-29-12-10-11-19-36(29)40(37)43-39/h1-28H. The Hall–Kier alpha value is -5.38. The molecule has 0 spiro atoms. The van der Waals surface area contributed by atoms with E-state index in [2.05, 4.69) is 180 Å². The monoisotopic (exact) mass is 568 g/mol.